The van der Waals surface area contributed by atoms with Crippen LogP contribution in [-0.2, 0) is 9.59 Å². The van der Waals surface area contributed by atoms with Crippen molar-refractivity contribution in [3.8, 4) is 0 Å². The summed E-state index contributed by atoms with van der Waals surface area (Å²) in [6.07, 6.45) is 2.80. The van der Waals surface area contributed by atoms with E-state index in [9.17, 15) is 19.5 Å². The maximum Gasteiger partial charge on any atom is 0.407 e. The predicted molar refractivity (Wildman–Crippen MR) is 115 cm³/mol. The molecule has 0 spiro atoms. The summed E-state index contributed by atoms with van der Waals surface area (Å²) in [5.74, 6) is -0.678. The van der Waals surface area contributed by atoms with Gasteiger partial charge in [0.05, 0.1) is 0 Å². The van der Waals surface area contributed by atoms with Crippen molar-refractivity contribution >= 4 is 17.9 Å². The van der Waals surface area contributed by atoms with Gasteiger partial charge in [-0.15, -0.1) is 6.58 Å². The van der Waals surface area contributed by atoms with E-state index < -0.39 is 17.2 Å². The maximum absolute atomic E-state index is 13.5. The van der Waals surface area contributed by atoms with Crippen LogP contribution in [0.3, 0.4) is 0 Å². The number of nitrogens with zero attached hydrogens (tertiary/aromatic N) is 1. The fraction of sp³-hybridized carbons (Fsp3) is 0.773. The fourth-order valence-electron chi connectivity index (χ4n) is 4.28. The van der Waals surface area contributed by atoms with Crippen LogP contribution in [0.15, 0.2) is 12.7 Å². The molecule has 1 heterocycles. The van der Waals surface area contributed by atoms with Crippen molar-refractivity contribution in [2.24, 2.45) is 11.3 Å². The SMILES string of the molecule is C=CCCC(NC(C)=O)(C(=O)NC(C)(C)C)C1CCN(C(=O)O)C(C(C)(C)C)C1. The van der Waals surface area contributed by atoms with Crippen molar-refractivity contribution in [1.82, 2.24) is 15.5 Å². The van der Waals surface area contributed by atoms with Crippen LogP contribution >= 0.6 is 0 Å². The third kappa shape index (κ3) is 6.47. The van der Waals surface area contributed by atoms with Crippen molar-refractivity contribution in [2.45, 2.75) is 91.3 Å². The first-order valence-electron chi connectivity index (χ1n) is 10.4. The topological polar surface area (TPSA) is 98.7 Å². The van der Waals surface area contributed by atoms with Crippen LogP contribution in [0.1, 0.15) is 74.1 Å². The molecule has 3 unspecified atom stereocenters. The molecular formula is C22H39N3O4. The van der Waals surface area contributed by atoms with Crippen molar-refractivity contribution < 1.29 is 19.5 Å². The number of likely N-dealkylation sites (tertiary alicyclic amines) is 1. The molecule has 3 amide bonds. The Kier molecular flexibility index (Phi) is 7.91. The number of hydrogen-bond acceptors (Lipinski definition) is 3. The van der Waals surface area contributed by atoms with Gasteiger partial charge in [-0.05, 0) is 57.8 Å². The lowest BCUT2D eigenvalue weighted by Crippen LogP contribution is -2.67. The van der Waals surface area contributed by atoms with Gasteiger partial charge in [-0.3, -0.25) is 9.59 Å². The van der Waals surface area contributed by atoms with Gasteiger partial charge in [-0.25, -0.2) is 4.79 Å². The second kappa shape index (κ2) is 9.18. The molecule has 29 heavy (non-hydrogen) atoms. The molecule has 1 aliphatic heterocycles. The van der Waals surface area contributed by atoms with Gasteiger partial charge in [0, 0.05) is 25.0 Å². The van der Waals surface area contributed by atoms with Gasteiger partial charge in [0.1, 0.15) is 5.54 Å². The van der Waals surface area contributed by atoms with Crippen LogP contribution < -0.4 is 10.6 Å². The summed E-state index contributed by atoms with van der Waals surface area (Å²) in [4.78, 5) is 38.9. The molecule has 1 fully saturated rings. The number of carbonyl (C=O) groups excluding carboxylic acids is 2. The summed E-state index contributed by atoms with van der Waals surface area (Å²) in [6, 6.07) is -0.252. The molecule has 0 aromatic heterocycles. The van der Waals surface area contributed by atoms with E-state index in [4.69, 9.17) is 0 Å². The van der Waals surface area contributed by atoms with Gasteiger partial charge >= 0.3 is 6.09 Å². The number of amides is 3. The Hall–Kier alpha value is -2.05. The molecule has 166 valence electrons. The normalized spacial score (nSPS) is 22.4. The third-order valence-electron chi connectivity index (χ3n) is 5.58. The van der Waals surface area contributed by atoms with E-state index in [0.717, 1.165) is 0 Å². The highest BCUT2D eigenvalue weighted by Crippen LogP contribution is 2.41. The highest BCUT2D eigenvalue weighted by molar-refractivity contribution is 5.91. The molecule has 7 nitrogen and oxygen atoms in total. The number of hydrogen-bond donors (Lipinski definition) is 3. The molecular weight excluding hydrogens is 370 g/mol. The summed E-state index contributed by atoms with van der Waals surface area (Å²) >= 11 is 0. The average molecular weight is 410 g/mol. The lowest BCUT2D eigenvalue weighted by Gasteiger charge is -2.50. The van der Waals surface area contributed by atoms with Crippen LogP contribution in [0.4, 0.5) is 4.79 Å². The van der Waals surface area contributed by atoms with Crippen LogP contribution in [0.2, 0.25) is 0 Å². The molecule has 3 atom stereocenters. The molecule has 1 rings (SSSR count). The Bertz CT molecular complexity index is 633. The highest BCUT2D eigenvalue weighted by atomic mass is 16.4. The van der Waals surface area contributed by atoms with E-state index in [0.29, 0.717) is 32.2 Å². The average Bonchev–Trinajstić information content (AvgIpc) is 2.55. The fourth-order valence-corrected chi connectivity index (χ4v) is 4.28. The van der Waals surface area contributed by atoms with E-state index in [1.807, 2.05) is 41.5 Å². The van der Waals surface area contributed by atoms with E-state index >= 15 is 0 Å². The molecule has 0 bridgehead atoms. The first kappa shape index (κ1) is 25.0. The van der Waals surface area contributed by atoms with Crippen LogP contribution in [-0.4, -0.2) is 51.6 Å². The van der Waals surface area contributed by atoms with Crippen molar-refractivity contribution in [1.29, 1.82) is 0 Å². The molecule has 0 aliphatic carbocycles. The van der Waals surface area contributed by atoms with Crippen LogP contribution in [0, 0.1) is 11.3 Å². The largest absolute Gasteiger partial charge is 0.465 e. The summed E-state index contributed by atoms with van der Waals surface area (Å²) in [7, 11) is 0. The summed E-state index contributed by atoms with van der Waals surface area (Å²) in [6.45, 7) is 17.3. The van der Waals surface area contributed by atoms with Crippen molar-refractivity contribution in [3.05, 3.63) is 12.7 Å². The van der Waals surface area contributed by atoms with Crippen molar-refractivity contribution in [3.63, 3.8) is 0 Å². The Balaban J connectivity index is 3.42. The smallest absolute Gasteiger partial charge is 0.407 e. The monoisotopic (exact) mass is 409 g/mol. The van der Waals surface area contributed by atoms with Crippen LogP contribution in [0.25, 0.3) is 0 Å². The second-order valence-corrected chi connectivity index (χ2v) is 10.3. The van der Waals surface area contributed by atoms with Crippen molar-refractivity contribution in [2.75, 3.05) is 6.54 Å². The van der Waals surface area contributed by atoms with Gasteiger partial charge in [-0.2, -0.15) is 0 Å². The number of piperidine rings is 1. The maximum atomic E-state index is 13.5. The van der Waals surface area contributed by atoms with E-state index in [1.165, 1.54) is 11.8 Å². The lowest BCUT2D eigenvalue weighted by atomic mass is 9.68. The number of carboxylic acid groups (broad SMARTS) is 1. The Morgan fingerprint density at radius 2 is 1.72 bits per heavy atom. The van der Waals surface area contributed by atoms with E-state index in [1.54, 1.807) is 6.08 Å². The summed E-state index contributed by atoms with van der Waals surface area (Å²) < 4.78 is 0. The van der Waals surface area contributed by atoms with Gasteiger partial charge < -0.3 is 20.6 Å². The number of nitrogens with one attached hydrogen (secondary N) is 2. The highest BCUT2D eigenvalue weighted by Gasteiger charge is 2.51. The minimum absolute atomic E-state index is 0.187. The summed E-state index contributed by atoms with van der Waals surface area (Å²) in [5.41, 5.74) is -1.86. The number of allylic oxidation sites excluding steroid dienone is 1. The molecule has 0 saturated carbocycles. The molecule has 0 aromatic carbocycles. The standard InChI is InChI=1S/C22H39N3O4/c1-9-10-12-22(23-15(2)26,18(27)24-21(6,7)8)16-11-13-25(19(28)29)17(14-16)20(3,4)5/h9,16-17H,1,10-14H2,2-8H3,(H,23,26)(H,24,27)(H,28,29). The van der Waals surface area contributed by atoms with Gasteiger partial charge in [-0.1, -0.05) is 26.8 Å². The Labute approximate surface area is 175 Å². The Morgan fingerprint density at radius 3 is 2.14 bits per heavy atom. The lowest BCUT2D eigenvalue weighted by molar-refractivity contribution is -0.138. The predicted octanol–water partition coefficient (Wildman–Crippen LogP) is 3.55. The zero-order valence-corrected chi connectivity index (χ0v) is 19.1. The van der Waals surface area contributed by atoms with Crippen LogP contribution in [0.5, 0.6) is 0 Å². The third-order valence-corrected chi connectivity index (χ3v) is 5.58. The Morgan fingerprint density at radius 1 is 1.14 bits per heavy atom. The molecule has 1 saturated heterocycles. The number of carbonyl (C=O) groups is 3. The molecule has 0 aromatic rings. The minimum atomic E-state index is -1.11. The first-order chi connectivity index (χ1) is 13.1. The quantitative estimate of drug-likeness (QED) is 0.584. The number of rotatable bonds is 6. The van der Waals surface area contributed by atoms with E-state index in [2.05, 4.69) is 17.2 Å². The zero-order chi connectivity index (χ0) is 22.6. The first-order valence-corrected chi connectivity index (χ1v) is 10.4. The van der Waals surface area contributed by atoms with Gasteiger partial charge in [0.2, 0.25) is 11.8 Å². The van der Waals surface area contributed by atoms with Gasteiger partial charge in [0.15, 0.2) is 0 Å². The molecule has 0 radical (unpaired) electrons. The van der Waals surface area contributed by atoms with E-state index in [-0.39, 0.29) is 29.2 Å². The second-order valence-electron chi connectivity index (χ2n) is 10.3. The van der Waals surface area contributed by atoms with Gasteiger partial charge in [0.25, 0.3) is 0 Å². The molecule has 1 aliphatic rings. The molecule has 3 N–H and O–H groups in total. The summed E-state index contributed by atoms with van der Waals surface area (Å²) in [5, 5.41) is 15.7. The minimum Gasteiger partial charge on any atom is -0.465 e. The zero-order valence-electron chi connectivity index (χ0n) is 19.1. The molecule has 7 heteroatoms.